The first-order valence-electron chi connectivity index (χ1n) is 9.40. The zero-order chi connectivity index (χ0) is 18.4. The number of hydrogen-bond acceptors (Lipinski definition) is 5. The highest BCUT2D eigenvalue weighted by atomic mass is 127. The summed E-state index contributed by atoms with van der Waals surface area (Å²) in [7, 11) is 0. The number of nitrogens with zero attached hydrogens (tertiary/aromatic N) is 3. The van der Waals surface area contributed by atoms with Gasteiger partial charge in [0, 0.05) is 18.0 Å². The summed E-state index contributed by atoms with van der Waals surface area (Å²) in [4.78, 5) is 13.0. The van der Waals surface area contributed by atoms with Crippen molar-refractivity contribution in [1.82, 2.24) is 20.5 Å². The van der Waals surface area contributed by atoms with E-state index in [1.807, 2.05) is 13.0 Å². The molecule has 2 aromatic heterocycles. The summed E-state index contributed by atoms with van der Waals surface area (Å²) in [6.45, 7) is 10.7. The number of hydrogen-bond donors (Lipinski definition) is 2. The van der Waals surface area contributed by atoms with Gasteiger partial charge in [0.1, 0.15) is 10.8 Å². The molecule has 0 radical (unpaired) electrons. The average molecular weight is 503 g/mol. The highest BCUT2D eigenvalue weighted by Gasteiger charge is 2.25. The van der Waals surface area contributed by atoms with Gasteiger partial charge in [-0.1, -0.05) is 0 Å². The fourth-order valence-corrected chi connectivity index (χ4v) is 4.09. The van der Waals surface area contributed by atoms with Crippen molar-refractivity contribution in [1.29, 1.82) is 0 Å². The van der Waals surface area contributed by atoms with Gasteiger partial charge in [-0.25, -0.2) is 9.98 Å². The molecule has 1 unspecified atom stereocenters. The molecule has 8 heteroatoms. The minimum atomic E-state index is 0. The lowest BCUT2D eigenvalue weighted by atomic mass is 10.2. The Hall–Kier alpha value is -1.13. The summed E-state index contributed by atoms with van der Waals surface area (Å²) < 4.78 is 5.70. The van der Waals surface area contributed by atoms with Crippen LogP contribution in [-0.4, -0.2) is 42.0 Å². The summed E-state index contributed by atoms with van der Waals surface area (Å²) >= 11 is 1.72. The number of aryl methyl sites for hydroxylation is 2. The van der Waals surface area contributed by atoms with Crippen molar-refractivity contribution >= 4 is 41.3 Å². The summed E-state index contributed by atoms with van der Waals surface area (Å²) in [5.41, 5.74) is 1.10. The second-order valence-corrected chi connectivity index (χ2v) is 7.89. The van der Waals surface area contributed by atoms with E-state index in [0.717, 1.165) is 48.6 Å². The van der Waals surface area contributed by atoms with Crippen LogP contribution in [0.3, 0.4) is 0 Å². The second kappa shape index (κ2) is 11.0. The van der Waals surface area contributed by atoms with Crippen molar-refractivity contribution in [2.45, 2.75) is 46.2 Å². The molecule has 1 fully saturated rings. The summed E-state index contributed by atoms with van der Waals surface area (Å²) in [6, 6.07) is 4.27. The van der Waals surface area contributed by atoms with Crippen LogP contribution in [0.25, 0.3) is 0 Å². The molecule has 3 heterocycles. The first-order valence-corrected chi connectivity index (χ1v) is 10.2. The van der Waals surface area contributed by atoms with Crippen LogP contribution in [0.4, 0.5) is 0 Å². The predicted octanol–water partition coefficient (Wildman–Crippen LogP) is 3.86. The van der Waals surface area contributed by atoms with E-state index in [1.165, 1.54) is 17.7 Å². The Bertz CT molecular complexity index is 690. The fourth-order valence-electron chi connectivity index (χ4n) is 3.23. The Labute approximate surface area is 182 Å². The lowest BCUT2D eigenvalue weighted by Gasteiger charge is -2.26. The van der Waals surface area contributed by atoms with Gasteiger partial charge in [0.05, 0.1) is 24.5 Å². The molecule has 0 saturated carbocycles. The minimum absolute atomic E-state index is 0. The molecule has 0 aromatic carbocycles. The molecule has 1 atom stereocenters. The Morgan fingerprint density at radius 2 is 2.11 bits per heavy atom. The van der Waals surface area contributed by atoms with Crippen molar-refractivity contribution in [3.05, 3.63) is 39.7 Å². The molecule has 0 amide bonds. The van der Waals surface area contributed by atoms with E-state index in [0.29, 0.717) is 6.54 Å². The number of halogens is 1. The van der Waals surface area contributed by atoms with Gasteiger partial charge in [-0.15, -0.1) is 35.3 Å². The number of likely N-dealkylation sites (tertiary alicyclic amines) is 1. The van der Waals surface area contributed by atoms with Crippen LogP contribution < -0.4 is 10.6 Å². The third-order valence-electron chi connectivity index (χ3n) is 4.71. The van der Waals surface area contributed by atoms with Crippen molar-refractivity contribution in [2.24, 2.45) is 4.99 Å². The molecule has 0 bridgehead atoms. The van der Waals surface area contributed by atoms with Crippen LogP contribution >= 0.6 is 35.3 Å². The quantitative estimate of drug-likeness (QED) is 0.341. The van der Waals surface area contributed by atoms with E-state index < -0.39 is 0 Å². The van der Waals surface area contributed by atoms with Crippen LogP contribution in [0.5, 0.6) is 0 Å². The van der Waals surface area contributed by atoms with Crippen LogP contribution in [0.2, 0.25) is 0 Å². The molecular weight excluding hydrogens is 473 g/mol. The standard InChI is InChI=1S/C19H29N5OS.HI/c1-4-20-19(22-13-18-23-14(2)15(3)26-18)21-12-16(17-8-7-11-25-17)24-9-5-6-10-24;/h7-8,11,16H,4-6,9-10,12-13H2,1-3H3,(H2,20,21,22);1H. The molecule has 1 saturated heterocycles. The van der Waals surface area contributed by atoms with E-state index in [4.69, 9.17) is 9.41 Å². The van der Waals surface area contributed by atoms with E-state index in [2.05, 4.69) is 40.4 Å². The number of furan rings is 1. The van der Waals surface area contributed by atoms with Crippen molar-refractivity contribution < 1.29 is 4.42 Å². The molecular formula is C19H30IN5OS. The van der Waals surface area contributed by atoms with E-state index in [9.17, 15) is 0 Å². The summed E-state index contributed by atoms with van der Waals surface area (Å²) in [5, 5.41) is 7.88. The van der Waals surface area contributed by atoms with E-state index in [1.54, 1.807) is 17.6 Å². The number of nitrogens with one attached hydrogen (secondary N) is 2. The Morgan fingerprint density at radius 1 is 1.33 bits per heavy atom. The maximum Gasteiger partial charge on any atom is 0.191 e. The number of thiazole rings is 1. The Morgan fingerprint density at radius 3 is 2.70 bits per heavy atom. The van der Waals surface area contributed by atoms with Crippen LogP contribution in [0.15, 0.2) is 27.8 Å². The van der Waals surface area contributed by atoms with Gasteiger partial charge >= 0.3 is 0 Å². The Kier molecular flexibility index (Phi) is 9.04. The number of aliphatic imine (C=N–C) groups is 1. The minimum Gasteiger partial charge on any atom is -0.468 e. The first-order chi connectivity index (χ1) is 12.7. The van der Waals surface area contributed by atoms with Crippen molar-refractivity contribution in [2.75, 3.05) is 26.2 Å². The zero-order valence-corrected chi connectivity index (χ0v) is 19.5. The molecule has 1 aliphatic rings. The largest absolute Gasteiger partial charge is 0.468 e. The molecule has 3 rings (SSSR count). The van der Waals surface area contributed by atoms with Crippen LogP contribution in [0, 0.1) is 13.8 Å². The maximum atomic E-state index is 5.70. The normalized spacial score (nSPS) is 16.2. The molecule has 0 spiro atoms. The smallest absolute Gasteiger partial charge is 0.191 e. The summed E-state index contributed by atoms with van der Waals surface area (Å²) in [5.74, 6) is 1.84. The predicted molar refractivity (Wildman–Crippen MR) is 122 cm³/mol. The fraction of sp³-hybridized carbons (Fsp3) is 0.579. The monoisotopic (exact) mass is 503 g/mol. The van der Waals surface area contributed by atoms with Gasteiger partial charge in [-0.05, 0) is 58.8 Å². The van der Waals surface area contributed by atoms with E-state index in [-0.39, 0.29) is 30.0 Å². The number of guanidine groups is 1. The lowest BCUT2D eigenvalue weighted by Crippen LogP contribution is -2.42. The van der Waals surface area contributed by atoms with Crippen LogP contribution in [0.1, 0.15) is 47.1 Å². The van der Waals surface area contributed by atoms with Gasteiger partial charge in [0.15, 0.2) is 5.96 Å². The van der Waals surface area contributed by atoms with Gasteiger partial charge in [0.25, 0.3) is 0 Å². The topological polar surface area (TPSA) is 65.7 Å². The molecule has 150 valence electrons. The zero-order valence-electron chi connectivity index (χ0n) is 16.3. The van der Waals surface area contributed by atoms with Gasteiger partial charge in [-0.3, -0.25) is 4.90 Å². The molecule has 2 aromatic rings. The van der Waals surface area contributed by atoms with Crippen molar-refractivity contribution in [3.8, 4) is 0 Å². The Balaban J connectivity index is 0.00000261. The third-order valence-corrected chi connectivity index (χ3v) is 5.76. The number of aromatic nitrogens is 1. The van der Waals surface area contributed by atoms with Gasteiger partial charge in [-0.2, -0.15) is 0 Å². The third kappa shape index (κ3) is 6.18. The average Bonchev–Trinajstić information content (AvgIpc) is 3.37. The lowest BCUT2D eigenvalue weighted by molar-refractivity contribution is 0.215. The maximum absolute atomic E-state index is 5.70. The van der Waals surface area contributed by atoms with Gasteiger partial charge in [0.2, 0.25) is 0 Å². The first kappa shape index (κ1) is 22.2. The van der Waals surface area contributed by atoms with Gasteiger partial charge < -0.3 is 15.1 Å². The molecule has 2 N–H and O–H groups in total. The molecule has 0 aliphatic carbocycles. The van der Waals surface area contributed by atoms with Crippen molar-refractivity contribution in [3.63, 3.8) is 0 Å². The number of rotatable bonds is 7. The highest BCUT2D eigenvalue weighted by Crippen LogP contribution is 2.24. The molecule has 1 aliphatic heterocycles. The second-order valence-electron chi connectivity index (χ2n) is 6.60. The van der Waals surface area contributed by atoms with E-state index >= 15 is 0 Å². The highest BCUT2D eigenvalue weighted by molar-refractivity contribution is 14.0. The molecule has 27 heavy (non-hydrogen) atoms. The summed E-state index contributed by atoms with van der Waals surface area (Å²) in [6.07, 6.45) is 4.27. The molecule has 6 nitrogen and oxygen atoms in total. The SMILES string of the molecule is CCNC(=NCc1nc(C)c(C)s1)NCC(c1ccco1)N1CCCC1.I. The van der Waals surface area contributed by atoms with Crippen LogP contribution in [-0.2, 0) is 6.54 Å².